The van der Waals surface area contributed by atoms with E-state index in [1.807, 2.05) is 18.2 Å². The zero-order chi connectivity index (χ0) is 16.9. The van der Waals surface area contributed by atoms with E-state index in [0.717, 1.165) is 11.1 Å². The number of amides is 2. The highest BCUT2D eigenvalue weighted by Gasteiger charge is 2.07. The Balaban J connectivity index is 1.84. The van der Waals surface area contributed by atoms with Crippen molar-refractivity contribution in [2.24, 2.45) is 5.14 Å². The summed E-state index contributed by atoms with van der Waals surface area (Å²) in [5.74, 6) is 0. The Morgan fingerprint density at radius 2 is 1.61 bits per heavy atom. The molecule has 4 N–H and O–H groups in total. The summed E-state index contributed by atoms with van der Waals surface area (Å²) in [4.78, 5) is 11.8. The fourth-order valence-electron chi connectivity index (χ4n) is 1.86. The van der Waals surface area contributed by atoms with Gasteiger partial charge in [0.2, 0.25) is 10.0 Å². The quantitative estimate of drug-likeness (QED) is 0.766. The predicted molar refractivity (Wildman–Crippen MR) is 88.3 cm³/mol. The predicted octanol–water partition coefficient (Wildman–Crippen LogP) is 1.99. The van der Waals surface area contributed by atoms with Gasteiger partial charge in [-0.15, -0.1) is 0 Å². The van der Waals surface area contributed by atoms with Gasteiger partial charge in [0.1, 0.15) is 0 Å². The van der Waals surface area contributed by atoms with Crippen LogP contribution in [0.5, 0.6) is 0 Å². The van der Waals surface area contributed by atoms with Crippen molar-refractivity contribution in [3.8, 4) is 0 Å². The third-order valence-corrected chi connectivity index (χ3v) is 4.40. The first-order valence-corrected chi connectivity index (χ1v) is 8.65. The maximum Gasteiger partial charge on any atom is 0.315 e. The molecule has 23 heavy (non-hydrogen) atoms. The van der Waals surface area contributed by atoms with Crippen LogP contribution in [0.25, 0.3) is 0 Å². The maximum absolute atomic E-state index is 11.7. The number of halogens is 1. The lowest BCUT2D eigenvalue weighted by Crippen LogP contribution is -2.34. The molecule has 0 aromatic heterocycles. The Morgan fingerprint density at radius 3 is 2.22 bits per heavy atom. The van der Waals surface area contributed by atoms with Crippen LogP contribution in [0.1, 0.15) is 11.1 Å². The van der Waals surface area contributed by atoms with Gasteiger partial charge in [-0.2, -0.15) is 0 Å². The summed E-state index contributed by atoms with van der Waals surface area (Å²) < 4.78 is 22.3. The summed E-state index contributed by atoms with van der Waals surface area (Å²) in [7, 11) is -3.71. The lowest BCUT2D eigenvalue weighted by Gasteiger charge is -2.09. The molecule has 0 bridgehead atoms. The highest BCUT2D eigenvalue weighted by atomic mass is 35.5. The van der Waals surface area contributed by atoms with E-state index in [4.69, 9.17) is 16.7 Å². The second kappa shape index (κ2) is 7.45. The summed E-state index contributed by atoms with van der Waals surface area (Å²) in [5, 5.41) is 11.0. The molecule has 6 nitrogen and oxygen atoms in total. The summed E-state index contributed by atoms with van der Waals surface area (Å²) in [5.41, 5.74) is 1.58. The molecule has 0 saturated heterocycles. The van der Waals surface area contributed by atoms with Gasteiger partial charge < -0.3 is 10.6 Å². The average Bonchev–Trinajstić information content (AvgIpc) is 2.51. The van der Waals surface area contributed by atoms with E-state index in [9.17, 15) is 13.2 Å². The first-order chi connectivity index (χ1) is 10.9. The SMILES string of the molecule is NS(=O)(=O)c1ccc(CNC(=O)NCc2ccccc2Cl)cc1. The molecule has 0 unspecified atom stereocenters. The number of sulfonamides is 1. The van der Waals surface area contributed by atoms with Gasteiger partial charge in [0, 0.05) is 18.1 Å². The number of benzene rings is 2. The van der Waals surface area contributed by atoms with E-state index in [1.54, 1.807) is 18.2 Å². The van der Waals surface area contributed by atoms with Crippen molar-refractivity contribution >= 4 is 27.7 Å². The van der Waals surface area contributed by atoms with Crippen molar-refractivity contribution in [3.05, 3.63) is 64.7 Å². The van der Waals surface area contributed by atoms with Crippen LogP contribution in [0, 0.1) is 0 Å². The number of nitrogens with one attached hydrogen (secondary N) is 2. The van der Waals surface area contributed by atoms with E-state index in [-0.39, 0.29) is 17.5 Å². The molecule has 2 aromatic rings. The normalized spacial score (nSPS) is 11.0. The third-order valence-electron chi connectivity index (χ3n) is 3.10. The largest absolute Gasteiger partial charge is 0.334 e. The van der Waals surface area contributed by atoms with Gasteiger partial charge in [0.25, 0.3) is 0 Å². The monoisotopic (exact) mass is 353 g/mol. The van der Waals surface area contributed by atoms with Crippen LogP contribution in [0.2, 0.25) is 5.02 Å². The van der Waals surface area contributed by atoms with E-state index in [0.29, 0.717) is 11.6 Å². The Hall–Kier alpha value is -2.09. The zero-order valence-corrected chi connectivity index (χ0v) is 13.7. The van der Waals surface area contributed by atoms with E-state index >= 15 is 0 Å². The van der Waals surface area contributed by atoms with Crippen molar-refractivity contribution in [2.45, 2.75) is 18.0 Å². The van der Waals surface area contributed by atoms with Crippen LogP contribution >= 0.6 is 11.6 Å². The number of hydrogen-bond acceptors (Lipinski definition) is 3. The van der Waals surface area contributed by atoms with Gasteiger partial charge >= 0.3 is 6.03 Å². The highest BCUT2D eigenvalue weighted by Crippen LogP contribution is 2.14. The summed E-state index contributed by atoms with van der Waals surface area (Å²) in [6.45, 7) is 0.578. The number of rotatable bonds is 5. The number of nitrogens with two attached hydrogens (primary N) is 1. The zero-order valence-electron chi connectivity index (χ0n) is 12.1. The molecule has 2 aromatic carbocycles. The molecule has 0 radical (unpaired) electrons. The van der Waals surface area contributed by atoms with Gasteiger partial charge in [0.05, 0.1) is 4.90 Å². The summed E-state index contributed by atoms with van der Waals surface area (Å²) in [6.07, 6.45) is 0. The Bertz CT molecular complexity index is 792. The maximum atomic E-state index is 11.7. The van der Waals surface area contributed by atoms with Crippen molar-refractivity contribution in [1.82, 2.24) is 10.6 Å². The first kappa shape index (κ1) is 17.3. The van der Waals surface area contributed by atoms with E-state index in [1.165, 1.54) is 12.1 Å². The molecule has 0 spiro atoms. The number of carbonyl (C=O) groups is 1. The molecule has 0 aliphatic carbocycles. The van der Waals surface area contributed by atoms with Gasteiger partial charge in [-0.3, -0.25) is 0 Å². The number of urea groups is 1. The minimum Gasteiger partial charge on any atom is -0.334 e. The standard InChI is InChI=1S/C15H16ClN3O3S/c16-14-4-2-1-3-12(14)10-19-15(20)18-9-11-5-7-13(8-6-11)23(17,21)22/h1-8H,9-10H2,(H2,17,21,22)(H2,18,19,20). The fourth-order valence-corrected chi connectivity index (χ4v) is 2.58. The van der Waals surface area contributed by atoms with Gasteiger partial charge in [-0.1, -0.05) is 41.9 Å². The molecular formula is C15H16ClN3O3S. The van der Waals surface area contributed by atoms with Crippen LogP contribution in [0.15, 0.2) is 53.4 Å². The molecule has 8 heteroatoms. The molecule has 0 saturated carbocycles. The molecule has 2 rings (SSSR count). The van der Waals surface area contributed by atoms with Crippen LogP contribution in [0.3, 0.4) is 0 Å². The summed E-state index contributed by atoms with van der Waals surface area (Å²) in [6, 6.07) is 12.9. The second-order valence-electron chi connectivity index (χ2n) is 4.82. The average molecular weight is 354 g/mol. The van der Waals surface area contributed by atoms with Gasteiger partial charge in [-0.25, -0.2) is 18.4 Å². The van der Waals surface area contributed by atoms with Crippen molar-refractivity contribution in [2.75, 3.05) is 0 Å². The molecule has 0 aliphatic rings. The third kappa shape index (κ3) is 5.24. The molecular weight excluding hydrogens is 338 g/mol. The van der Waals surface area contributed by atoms with Crippen molar-refractivity contribution in [3.63, 3.8) is 0 Å². The topological polar surface area (TPSA) is 101 Å². The van der Waals surface area contributed by atoms with Crippen molar-refractivity contribution in [1.29, 1.82) is 0 Å². The molecule has 0 aliphatic heterocycles. The number of hydrogen-bond donors (Lipinski definition) is 3. The fraction of sp³-hybridized carbons (Fsp3) is 0.133. The number of primary sulfonamides is 1. The minimum atomic E-state index is -3.71. The van der Waals surface area contributed by atoms with Crippen molar-refractivity contribution < 1.29 is 13.2 Å². The summed E-state index contributed by atoms with van der Waals surface area (Å²) >= 11 is 6.00. The van der Waals surface area contributed by atoms with E-state index in [2.05, 4.69) is 10.6 Å². The smallest absolute Gasteiger partial charge is 0.315 e. The highest BCUT2D eigenvalue weighted by molar-refractivity contribution is 7.89. The van der Waals surface area contributed by atoms with Crippen LogP contribution in [-0.4, -0.2) is 14.4 Å². The van der Waals surface area contributed by atoms with Crippen LogP contribution < -0.4 is 15.8 Å². The molecule has 0 atom stereocenters. The Kier molecular flexibility index (Phi) is 5.59. The molecule has 0 heterocycles. The molecule has 2 amide bonds. The van der Waals surface area contributed by atoms with Gasteiger partial charge in [0.15, 0.2) is 0 Å². The Morgan fingerprint density at radius 1 is 1.00 bits per heavy atom. The van der Waals surface area contributed by atoms with E-state index < -0.39 is 10.0 Å². The lowest BCUT2D eigenvalue weighted by atomic mass is 10.2. The number of carbonyl (C=O) groups excluding carboxylic acids is 1. The Labute approximate surface area is 139 Å². The lowest BCUT2D eigenvalue weighted by molar-refractivity contribution is 0.240. The molecule has 122 valence electrons. The van der Waals surface area contributed by atoms with Gasteiger partial charge in [-0.05, 0) is 29.3 Å². The second-order valence-corrected chi connectivity index (χ2v) is 6.79. The van der Waals surface area contributed by atoms with Crippen LogP contribution in [-0.2, 0) is 23.1 Å². The van der Waals surface area contributed by atoms with Crippen LogP contribution in [0.4, 0.5) is 4.79 Å². The molecule has 0 fully saturated rings. The first-order valence-electron chi connectivity index (χ1n) is 6.73. The minimum absolute atomic E-state index is 0.0319.